The molecule has 0 spiro atoms. The Balaban J connectivity index is 1.68. The van der Waals surface area contributed by atoms with Crippen molar-refractivity contribution in [2.75, 3.05) is 6.61 Å². The van der Waals surface area contributed by atoms with Gasteiger partial charge in [0.25, 0.3) is 0 Å². The van der Waals surface area contributed by atoms with Crippen LogP contribution in [0.5, 0.6) is 0 Å². The number of aryl methyl sites for hydroxylation is 2. The molecule has 1 unspecified atom stereocenters. The predicted molar refractivity (Wildman–Crippen MR) is 102 cm³/mol. The number of hydrogen-bond acceptors (Lipinski definition) is 7. The first-order chi connectivity index (χ1) is 12.7. The van der Waals surface area contributed by atoms with E-state index < -0.39 is 0 Å². The minimum atomic E-state index is -0.322. The summed E-state index contributed by atoms with van der Waals surface area (Å²) in [6.07, 6.45) is 5.25. The third kappa shape index (κ3) is 5.28. The van der Waals surface area contributed by atoms with Crippen molar-refractivity contribution in [2.24, 2.45) is 5.73 Å². The van der Waals surface area contributed by atoms with Gasteiger partial charge in [-0.2, -0.15) is 0 Å². The SMILES string of the molecule is CCCc1nc(CSc2nnc(CCC(N)=O)n2CC2CCCO2)cs1. The average molecular weight is 396 g/mol. The van der Waals surface area contributed by atoms with Gasteiger partial charge in [-0.1, -0.05) is 18.7 Å². The van der Waals surface area contributed by atoms with Crippen molar-refractivity contribution in [3.8, 4) is 0 Å². The van der Waals surface area contributed by atoms with Crippen molar-refractivity contribution in [2.45, 2.75) is 69.0 Å². The maximum atomic E-state index is 11.1. The maximum absolute atomic E-state index is 11.1. The molecule has 1 fully saturated rings. The molecule has 1 atom stereocenters. The third-order valence-electron chi connectivity index (χ3n) is 4.21. The second-order valence-electron chi connectivity index (χ2n) is 6.38. The van der Waals surface area contributed by atoms with Crippen LogP contribution >= 0.6 is 23.1 Å². The smallest absolute Gasteiger partial charge is 0.217 e. The lowest BCUT2D eigenvalue weighted by Crippen LogP contribution is -2.19. The van der Waals surface area contributed by atoms with Crippen molar-refractivity contribution in [1.29, 1.82) is 0 Å². The Hall–Kier alpha value is -1.45. The molecule has 2 aromatic heterocycles. The molecule has 3 rings (SSSR count). The normalized spacial score (nSPS) is 17.0. The molecule has 7 nitrogen and oxygen atoms in total. The monoisotopic (exact) mass is 395 g/mol. The van der Waals surface area contributed by atoms with Crippen molar-refractivity contribution in [3.63, 3.8) is 0 Å². The van der Waals surface area contributed by atoms with E-state index in [9.17, 15) is 4.79 Å². The van der Waals surface area contributed by atoms with E-state index in [0.717, 1.165) is 61.3 Å². The highest BCUT2D eigenvalue weighted by Crippen LogP contribution is 2.25. The summed E-state index contributed by atoms with van der Waals surface area (Å²) in [6, 6.07) is 0. The molecule has 3 heterocycles. The van der Waals surface area contributed by atoms with E-state index in [1.165, 1.54) is 5.01 Å². The quantitative estimate of drug-likeness (QED) is 0.621. The summed E-state index contributed by atoms with van der Waals surface area (Å²) < 4.78 is 7.85. The van der Waals surface area contributed by atoms with Crippen LogP contribution in [0.15, 0.2) is 10.5 Å². The topological polar surface area (TPSA) is 95.9 Å². The Morgan fingerprint density at radius 2 is 2.35 bits per heavy atom. The number of ether oxygens (including phenoxy) is 1. The average Bonchev–Trinajstić information content (AvgIpc) is 3.34. The molecular formula is C17H25N5O2S2. The molecule has 1 amide bonds. The van der Waals surface area contributed by atoms with Gasteiger partial charge < -0.3 is 15.0 Å². The lowest BCUT2D eigenvalue weighted by molar-refractivity contribution is -0.118. The Morgan fingerprint density at radius 3 is 3.08 bits per heavy atom. The zero-order chi connectivity index (χ0) is 18.4. The Labute approximate surface area is 161 Å². The van der Waals surface area contributed by atoms with Crippen molar-refractivity contribution in [3.05, 3.63) is 21.9 Å². The molecule has 0 bridgehead atoms. The summed E-state index contributed by atoms with van der Waals surface area (Å²) in [7, 11) is 0. The van der Waals surface area contributed by atoms with Gasteiger partial charge in [-0.15, -0.1) is 21.5 Å². The highest BCUT2D eigenvalue weighted by Gasteiger charge is 2.21. The molecule has 1 aliphatic rings. The van der Waals surface area contributed by atoms with Crippen molar-refractivity contribution < 1.29 is 9.53 Å². The van der Waals surface area contributed by atoms with Gasteiger partial charge >= 0.3 is 0 Å². The maximum Gasteiger partial charge on any atom is 0.217 e. The highest BCUT2D eigenvalue weighted by molar-refractivity contribution is 7.98. The van der Waals surface area contributed by atoms with Gasteiger partial charge in [-0.25, -0.2) is 4.98 Å². The number of nitrogens with two attached hydrogens (primary N) is 1. The summed E-state index contributed by atoms with van der Waals surface area (Å²) >= 11 is 3.35. The zero-order valence-corrected chi connectivity index (χ0v) is 16.7. The van der Waals surface area contributed by atoms with Crippen LogP contribution < -0.4 is 5.73 Å². The van der Waals surface area contributed by atoms with Crippen LogP contribution in [0.1, 0.15) is 49.1 Å². The van der Waals surface area contributed by atoms with Crippen LogP contribution in [0.4, 0.5) is 0 Å². The molecule has 2 aromatic rings. The zero-order valence-electron chi connectivity index (χ0n) is 15.0. The fourth-order valence-corrected chi connectivity index (χ4v) is 4.77. The summed E-state index contributed by atoms with van der Waals surface area (Å²) in [6.45, 7) is 3.70. The number of aromatic nitrogens is 4. The molecule has 2 N–H and O–H groups in total. The second kappa shape index (κ2) is 9.48. The van der Waals surface area contributed by atoms with Gasteiger partial charge in [0.05, 0.1) is 23.4 Å². The molecular weight excluding hydrogens is 370 g/mol. The largest absolute Gasteiger partial charge is 0.376 e. The van der Waals surface area contributed by atoms with Gasteiger partial charge in [-0.3, -0.25) is 4.79 Å². The molecule has 0 aromatic carbocycles. The Morgan fingerprint density at radius 1 is 1.46 bits per heavy atom. The van der Waals surface area contributed by atoms with E-state index in [0.29, 0.717) is 6.42 Å². The fraction of sp³-hybridized carbons (Fsp3) is 0.647. The number of primary amides is 1. The lowest BCUT2D eigenvalue weighted by atomic mass is 10.2. The van der Waals surface area contributed by atoms with Crippen LogP contribution in [0.3, 0.4) is 0 Å². The molecule has 0 radical (unpaired) electrons. The summed E-state index contributed by atoms with van der Waals surface area (Å²) in [5.41, 5.74) is 6.37. The van der Waals surface area contributed by atoms with Crippen LogP contribution in [0, 0.1) is 0 Å². The number of thiazole rings is 1. The molecule has 9 heteroatoms. The van der Waals surface area contributed by atoms with Crippen LogP contribution in [0.25, 0.3) is 0 Å². The summed E-state index contributed by atoms with van der Waals surface area (Å²) in [5.74, 6) is 1.24. The molecule has 0 aliphatic carbocycles. The van der Waals surface area contributed by atoms with Crippen LogP contribution in [0.2, 0.25) is 0 Å². The predicted octanol–water partition coefficient (Wildman–Crippen LogP) is 2.58. The van der Waals surface area contributed by atoms with E-state index in [1.54, 1.807) is 23.1 Å². The summed E-state index contributed by atoms with van der Waals surface area (Å²) in [5, 5.41) is 12.8. The van der Waals surface area contributed by atoms with Crippen LogP contribution in [-0.4, -0.2) is 38.4 Å². The minimum Gasteiger partial charge on any atom is -0.376 e. The molecule has 1 aliphatic heterocycles. The third-order valence-corrected chi connectivity index (χ3v) is 6.17. The first-order valence-electron chi connectivity index (χ1n) is 9.03. The van der Waals surface area contributed by atoms with Gasteiger partial charge in [-0.05, 0) is 25.7 Å². The van der Waals surface area contributed by atoms with Crippen molar-refractivity contribution in [1.82, 2.24) is 19.7 Å². The van der Waals surface area contributed by atoms with Crippen LogP contribution in [-0.2, 0) is 34.7 Å². The lowest BCUT2D eigenvalue weighted by Gasteiger charge is -2.14. The molecule has 1 saturated heterocycles. The number of hydrogen-bond donors (Lipinski definition) is 1. The van der Waals surface area contributed by atoms with Crippen molar-refractivity contribution >= 4 is 29.0 Å². The number of carbonyl (C=O) groups is 1. The van der Waals surface area contributed by atoms with E-state index in [4.69, 9.17) is 10.5 Å². The number of rotatable bonds is 10. The number of thioether (sulfide) groups is 1. The molecule has 0 saturated carbocycles. The number of amides is 1. The highest BCUT2D eigenvalue weighted by atomic mass is 32.2. The minimum absolute atomic E-state index is 0.188. The molecule has 26 heavy (non-hydrogen) atoms. The number of carbonyl (C=O) groups excluding carboxylic acids is 1. The fourth-order valence-electron chi connectivity index (χ4n) is 2.90. The van der Waals surface area contributed by atoms with E-state index in [-0.39, 0.29) is 18.4 Å². The van der Waals surface area contributed by atoms with E-state index in [2.05, 4.69) is 32.1 Å². The van der Waals surface area contributed by atoms with Gasteiger partial charge in [0.15, 0.2) is 5.16 Å². The molecule has 142 valence electrons. The van der Waals surface area contributed by atoms with E-state index >= 15 is 0 Å². The Kier molecular flexibility index (Phi) is 7.04. The first kappa shape index (κ1) is 19.3. The number of nitrogens with zero attached hydrogens (tertiary/aromatic N) is 4. The second-order valence-corrected chi connectivity index (χ2v) is 8.27. The Bertz CT molecular complexity index is 725. The summed E-state index contributed by atoms with van der Waals surface area (Å²) in [4.78, 5) is 15.8. The van der Waals surface area contributed by atoms with Gasteiger partial charge in [0.2, 0.25) is 5.91 Å². The van der Waals surface area contributed by atoms with E-state index in [1.807, 2.05) is 0 Å². The standard InChI is InChI=1S/C17H25N5O2S2/c1-2-4-16-19-12(10-25-16)11-26-17-21-20-15(7-6-14(18)23)22(17)9-13-5-3-8-24-13/h10,13H,2-9,11H2,1H3,(H2,18,23). The first-order valence-corrected chi connectivity index (χ1v) is 10.9. The van der Waals surface area contributed by atoms with Gasteiger partial charge in [0.1, 0.15) is 5.82 Å². The van der Waals surface area contributed by atoms with Gasteiger partial charge in [0, 0.05) is 30.6 Å².